The third kappa shape index (κ3) is 48.1. The van der Waals surface area contributed by atoms with Gasteiger partial charge in [0.2, 0.25) is 0 Å². The minimum absolute atomic E-state index is 0. The molecule has 0 aromatic heterocycles. The first kappa shape index (κ1) is 163. The fraction of sp³-hybridized carbons (Fsp3) is 0. The van der Waals surface area contributed by atoms with E-state index in [0.717, 1.165) is 0 Å². The molecule has 0 aliphatic rings. The summed E-state index contributed by atoms with van der Waals surface area (Å²) in [5.41, 5.74) is 0. The van der Waals surface area contributed by atoms with E-state index in [1.165, 1.54) is 0 Å². The van der Waals surface area contributed by atoms with Crippen molar-refractivity contribution in [2.75, 3.05) is 0 Å². The molecule has 5 heavy (non-hydrogen) atoms. The molecule has 1 radical (unpaired) electrons. The Morgan fingerprint density at radius 2 is 0.600 bits per heavy atom. The molecule has 4 nitrogen and oxygen atoms in total. The summed E-state index contributed by atoms with van der Waals surface area (Å²) >= 11 is 0. The molecule has 0 aliphatic heterocycles. The van der Waals surface area contributed by atoms with Crippen molar-refractivity contribution in [2.24, 2.45) is 0 Å². The zero-order valence-corrected chi connectivity index (χ0v) is 5.57. The minimum atomic E-state index is 0. The molecular formula is H8N2O2Y-2. The third-order valence-electron chi connectivity index (χ3n) is 0. The topological polar surface area (TPSA) is 130 Å². The van der Waals surface area contributed by atoms with Crippen LogP contribution in [0.3, 0.4) is 0 Å². The maximum atomic E-state index is 0. The Balaban J connectivity index is 0. The van der Waals surface area contributed by atoms with Crippen LogP contribution < -0.4 is 0 Å². The van der Waals surface area contributed by atoms with E-state index >= 15 is 0 Å². The average molecular weight is 157 g/mol. The summed E-state index contributed by atoms with van der Waals surface area (Å²) in [7, 11) is 0. The molecule has 0 unspecified atom stereocenters. The van der Waals surface area contributed by atoms with Gasteiger partial charge in [0.1, 0.15) is 0 Å². The first-order chi connectivity index (χ1) is 0. The molecule has 8 N–H and O–H groups in total. The van der Waals surface area contributed by atoms with Gasteiger partial charge < -0.3 is 23.3 Å². The van der Waals surface area contributed by atoms with Crippen LogP contribution in [-0.2, 0) is 32.7 Å². The molecule has 0 bridgehead atoms. The maximum absolute atomic E-state index is 0. The van der Waals surface area contributed by atoms with Gasteiger partial charge in [0.15, 0.2) is 0 Å². The van der Waals surface area contributed by atoms with Crippen LogP contribution in [0.2, 0.25) is 0 Å². The van der Waals surface area contributed by atoms with Crippen molar-refractivity contribution < 1.29 is 43.7 Å². The number of rotatable bonds is 0. The van der Waals surface area contributed by atoms with Gasteiger partial charge in [-0.05, 0) is 0 Å². The average Bonchev–Trinajstić information content (AvgIpc) is 0. The summed E-state index contributed by atoms with van der Waals surface area (Å²) in [4.78, 5) is 0. The smallest absolute Gasteiger partial charge is 0 e. The van der Waals surface area contributed by atoms with E-state index in [4.69, 9.17) is 0 Å². The molecule has 5 heteroatoms. The third-order valence-corrected chi connectivity index (χ3v) is 0. The van der Waals surface area contributed by atoms with Gasteiger partial charge in [-0.3, -0.25) is 0 Å². The second kappa shape index (κ2) is 86.3. The van der Waals surface area contributed by atoms with E-state index in [-0.39, 0.29) is 56.0 Å². The predicted octanol–water partition coefficient (Wildman–Crippen LogP) is -0.218. The van der Waals surface area contributed by atoms with Gasteiger partial charge in [-0.1, -0.05) is 0 Å². The molecule has 0 heterocycles. The van der Waals surface area contributed by atoms with Crippen LogP contribution in [0.25, 0.3) is 12.3 Å². The molecular weight excluding hydrogens is 149 g/mol. The molecule has 0 amide bonds. The molecule has 0 aromatic rings. The van der Waals surface area contributed by atoms with E-state index in [1.54, 1.807) is 0 Å². The zero-order chi connectivity index (χ0) is 0. The predicted molar refractivity (Wildman–Crippen MR) is 17.8 cm³/mol. The summed E-state index contributed by atoms with van der Waals surface area (Å²) in [5.74, 6) is 0. The second-order valence-electron chi connectivity index (χ2n) is 0. The Morgan fingerprint density at radius 1 is 0.600 bits per heavy atom. The van der Waals surface area contributed by atoms with E-state index in [1.807, 2.05) is 0 Å². The van der Waals surface area contributed by atoms with Gasteiger partial charge >= 0.3 is 0 Å². The fourth-order valence-corrected chi connectivity index (χ4v) is 0. The van der Waals surface area contributed by atoms with Crippen molar-refractivity contribution in [3.8, 4) is 0 Å². The minimum Gasteiger partial charge on any atom is -0.693 e. The quantitative estimate of drug-likeness (QED) is 0.460. The normalized spacial score (nSPS) is 0. The van der Waals surface area contributed by atoms with Gasteiger partial charge in [0.05, 0.1) is 0 Å². The molecule has 0 atom stereocenters. The standard InChI is InChI=1S/2H2N.2H2O.Y/h4*1H2;/q2*-1;;;. The Morgan fingerprint density at radius 3 is 0.600 bits per heavy atom. The van der Waals surface area contributed by atoms with Crippen molar-refractivity contribution >= 4 is 0 Å². The Kier molecular flexibility index (Phi) is 2810. The molecule has 0 aromatic carbocycles. The van der Waals surface area contributed by atoms with Crippen molar-refractivity contribution in [2.45, 2.75) is 0 Å². The van der Waals surface area contributed by atoms with Gasteiger partial charge in [0, 0.05) is 32.7 Å². The van der Waals surface area contributed by atoms with Crippen LogP contribution in [0.4, 0.5) is 0 Å². The first-order valence-corrected chi connectivity index (χ1v) is 0. The Bertz CT molecular complexity index is 7.61. The maximum Gasteiger partial charge on any atom is 0 e. The second-order valence-corrected chi connectivity index (χ2v) is 0. The van der Waals surface area contributed by atoms with E-state index in [9.17, 15) is 0 Å². The van der Waals surface area contributed by atoms with E-state index in [0.29, 0.717) is 0 Å². The van der Waals surface area contributed by atoms with Crippen LogP contribution in [0.5, 0.6) is 0 Å². The van der Waals surface area contributed by atoms with Gasteiger partial charge in [-0.15, -0.1) is 0 Å². The molecule has 0 saturated carbocycles. The van der Waals surface area contributed by atoms with Crippen LogP contribution in [-0.4, -0.2) is 11.0 Å². The van der Waals surface area contributed by atoms with Gasteiger partial charge in [-0.25, -0.2) is 0 Å². The van der Waals surface area contributed by atoms with E-state index in [2.05, 4.69) is 0 Å². The van der Waals surface area contributed by atoms with Gasteiger partial charge in [-0.2, -0.15) is 0 Å². The van der Waals surface area contributed by atoms with Gasteiger partial charge in [0.25, 0.3) is 0 Å². The molecule has 0 saturated heterocycles. The van der Waals surface area contributed by atoms with Crippen LogP contribution >= 0.6 is 0 Å². The van der Waals surface area contributed by atoms with Crippen molar-refractivity contribution in [3.05, 3.63) is 12.3 Å². The summed E-state index contributed by atoms with van der Waals surface area (Å²) in [6, 6.07) is 0. The summed E-state index contributed by atoms with van der Waals surface area (Å²) in [6.07, 6.45) is 0. The summed E-state index contributed by atoms with van der Waals surface area (Å²) in [5, 5.41) is 0. The number of hydrogen-bond donors (Lipinski definition) is 0. The number of hydrogen-bond acceptors (Lipinski definition) is 0. The summed E-state index contributed by atoms with van der Waals surface area (Å²) in [6.45, 7) is 0. The SMILES string of the molecule is O.O.[NH2-].[NH2-].[Y]. The van der Waals surface area contributed by atoms with Crippen molar-refractivity contribution in [1.29, 1.82) is 0 Å². The van der Waals surface area contributed by atoms with Crippen molar-refractivity contribution in [1.82, 2.24) is 0 Å². The fourth-order valence-electron chi connectivity index (χ4n) is 0. The molecule has 0 rings (SSSR count). The van der Waals surface area contributed by atoms with E-state index < -0.39 is 0 Å². The molecule has 0 fully saturated rings. The Hall–Kier alpha value is 0.944. The number of nitrogens with two attached hydrogens (primary N) is 2. The largest absolute Gasteiger partial charge is 0.693 e. The van der Waals surface area contributed by atoms with Crippen LogP contribution in [0, 0.1) is 0 Å². The zero-order valence-electron chi connectivity index (χ0n) is 2.73. The molecule has 0 aliphatic carbocycles. The van der Waals surface area contributed by atoms with Crippen molar-refractivity contribution in [3.63, 3.8) is 0 Å². The molecule has 35 valence electrons. The first-order valence-electron chi connectivity index (χ1n) is 0. The van der Waals surface area contributed by atoms with Crippen LogP contribution in [0.1, 0.15) is 0 Å². The summed E-state index contributed by atoms with van der Waals surface area (Å²) < 4.78 is 0. The van der Waals surface area contributed by atoms with Crippen LogP contribution in [0.15, 0.2) is 0 Å². The Labute approximate surface area is 56.0 Å². The monoisotopic (exact) mass is 157 g/mol. The molecule has 0 spiro atoms.